The summed E-state index contributed by atoms with van der Waals surface area (Å²) < 4.78 is 11.5. The Labute approximate surface area is 169 Å². The molecule has 0 spiro atoms. The quantitative estimate of drug-likeness (QED) is 0.731. The standard InChI is InChI=1S/C23H23N3O3/c1-15(18-8-7-16-10-12-28-21(16)13-18)26-11-9-20-19(14-26)24-23(29-20)25-22(27)17-5-3-2-4-6-17/h2-8,13,15H,9-12,14H2,1H3,(H,24,25,27)/t15-/m0/s1. The average Bonchev–Trinajstić information content (AvgIpc) is 3.38. The Morgan fingerprint density at radius 2 is 2.03 bits per heavy atom. The van der Waals surface area contributed by atoms with E-state index in [1.165, 1.54) is 11.1 Å². The molecule has 0 bridgehead atoms. The Kier molecular flexibility index (Phi) is 4.56. The fourth-order valence-corrected chi connectivity index (χ4v) is 4.02. The van der Waals surface area contributed by atoms with Crippen LogP contribution in [0.2, 0.25) is 0 Å². The highest BCUT2D eigenvalue weighted by Crippen LogP contribution is 2.33. The van der Waals surface area contributed by atoms with Crippen molar-refractivity contribution in [2.45, 2.75) is 32.4 Å². The Morgan fingerprint density at radius 3 is 2.90 bits per heavy atom. The van der Waals surface area contributed by atoms with Gasteiger partial charge in [0.15, 0.2) is 0 Å². The predicted octanol–water partition coefficient (Wildman–Crippen LogP) is 3.98. The Balaban J connectivity index is 1.29. The third-order valence-electron chi connectivity index (χ3n) is 5.76. The van der Waals surface area contributed by atoms with E-state index in [0.717, 1.165) is 43.2 Å². The second-order valence-electron chi connectivity index (χ2n) is 7.57. The van der Waals surface area contributed by atoms with Crippen LogP contribution in [-0.4, -0.2) is 28.9 Å². The zero-order valence-electron chi connectivity index (χ0n) is 16.4. The molecule has 148 valence electrons. The molecule has 2 aromatic carbocycles. The van der Waals surface area contributed by atoms with E-state index in [1.807, 2.05) is 18.2 Å². The van der Waals surface area contributed by atoms with Gasteiger partial charge in [-0.15, -0.1) is 0 Å². The highest BCUT2D eigenvalue weighted by atomic mass is 16.5. The fourth-order valence-electron chi connectivity index (χ4n) is 4.02. The number of benzene rings is 2. The second kappa shape index (κ2) is 7.37. The minimum absolute atomic E-state index is 0.215. The summed E-state index contributed by atoms with van der Waals surface area (Å²) in [6, 6.07) is 16.1. The fraction of sp³-hybridized carbons (Fsp3) is 0.304. The van der Waals surface area contributed by atoms with Gasteiger partial charge in [-0.2, -0.15) is 4.98 Å². The van der Waals surface area contributed by atoms with Gasteiger partial charge in [-0.25, -0.2) is 0 Å². The van der Waals surface area contributed by atoms with Crippen LogP contribution in [-0.2, 0) is 19.4 Å². The lowest BCUT2D eigenvalue weighted by Crippen LogP contribution is -2.32. The Bertz CT molecular complexity index is 1040. The molecule has 0 saturated heterocycles. The minimum atomic E-state index is -0.215. The second-order valence-corrected chi connectivity index (χ2v) is 7.57. The molecule has 0 radical (unpaired) electrons. The summed E-state index contributed by atoms with van der Waals surface area (Å²) in [5, 5.41) is 2.77. The summed E-state index contributed by atoms with van der Waals surface area (Å²) in [6.07, 6.45) is 1.77. The van der Waals surface area contributed by atoms with Gasteiger partial charge in [-0.3, -0.25) is 15.0 Å². The van der Waals surface area contributed by atoms with Gasteiger partial charge in [0, 0.05) is 37.5 Å². The van der Waals surface area contributed by atoms with Crippen LogP contribution in [0.15, 0.2) is 52.9 Å². The number of nitrogens with zero attached hydrogens (tertiary/aromatic N) is 2. The number of nitrogens with one attached hydrogen (secondary N) is 1. The van der Waals surface area contributed by atoms with Crippen molar-refractivity contribution in [3.63, 3.8) is 0 Å². The zero-order chi connectivity index (χ0) is 19.8. The van der Waals surface area contributed by atoms with Gasteiger partial charge in [0.2, 0.25) is 0 Å². The first-order chi connectivity index (χ1) is 14.2. The summed E-state index contributed by atoms with van der Waals surface area (Å²) in [5.74, 6) is 1.65. The molecule has 3 heterocycles. The first-order valence-corrected chi connectivity index (χ1v) is 10.0. The van der Waals surface area contributed by atoms with Crippen LogP contribution >= 0.6 is 0 Å². The molecular formula is C23H23N3O3. The van der Waals surface area contributed by atoms with Crippen molar-refractivity contribution >= 4 is 11.9 Å². The van der Waals surface area contributed by atoms with E-state index in [9.17, 15) is 4.79 Å². The molecule has 6 nitrogen and oxygen atoms in total. The van der Waals surface area contributed by atoms with Crippen molar-refractivity contribution in [2.75, 3.05) is 18.5 Å². The molecule has 0 unspecified atom stereocenters. The molecule has 1 amide bonds. The number of fused-ring (bicyclic) bond motifs is 2. The normalized spacial score (nSPS) is 16.6. The lowest BCUT2D eigenvalue weighted by Gasteiger charge is -2.31. The third-order valence-corrected chi connectivity index (χ3v) is 5.76. The number of anilines is 1. The maximum Gasteiger partial charge on any atom is 0.302 e. The van der Waals surface area contributed by atoms with Gasteiger partial charge in [0.05, 0.1) is 12.3 Å². The summed E-state index contributed by atoms with van der Waals surface area (Å²) in [7, 11) is 0. The molecule has 0 aliphatic carbocycles. The molecule has 29 heavy (non-hydrogen) atoms. The van der Waals surface area contributed by atoms with Crippen molar-refractivity contribution in [1.82, 2.24) is 9.88 Å². The Hall–Kier alpha value is -3.12. The highest BCUT2D eigenvalue weighted by molar-refractivity contribution is 6.03. The van der Waals surface area contributed by atoms with Gasteiger partial charge in [0.1, 0.15) is 11.5 Å². The van der Waals surface area contributed by atoms with Gasteiger partial charge >= 0.3 is 6.01 Å². The van der Waals surface area contributed by atoms with Gasteiger partial charge < -0.3 is 9.15 Å². The zero-order valence-corrected chi connectivity index (χ0v) is 16.4. The van der Waals surface area contributed by atoms with Gasteiger partial charge in [-0.05, 0) is 36.2 Å². The summed E-state index contributed by atoms with van der Waals surface area (Å²) >= 11 is 0. The van der Waals surface area contributed by atoms with Crippen molar-refractivity contribution in [3.05, 3.63) is 76.7 Å². The first-order valence-electron chi connectivity index (χ1n) is 10.0. The van der Waals surface area contributed by atoms with E-state index in [-0.39, 0.29) is 18.0 Å². The van der Waals surface area contributed by atoms with Gasteiger partial charge in [-0.1, -0.05) is 30.3 Å². The van der Waals surface area contributed by atoms with Crippen LogP contribution in [0.5, 0.6) is 5.75 Å². The topological polar surface area (TPSA) is 67.6 Å². The number of rotatable bonds is 4. The van der Waals surface area contributed by atoms with Crippen molar-refractivity contribution in [1.29, 1.82) is 0 Å². The average molecular weight is 389 g/mol. The molecule has 1 N–H and O–H groups in total. The number of ether oxygens (including phenoxy) is 1. The maximum absolute atomic E-state index is 12.3. The van der Waals surface area contributed by atoms with Crippen molar-refractivity contribution in [3.8, 4) is 5.75 Å². The van der Waals surface area contributed by atoms with E-state index < -0.39 is 0 Å². The Morgan fingerprint density at radius 1 is 1.17 bits per heavy atom. The smallest absolute Gasteiger partial charge is 0.302 e. The number of amides is 1. The molecule has 0 saturated carbocycles. The van der Waals surface area contributed by atoms with Crippen molar-refractivity contribution in [2.24, 2.45) is 0 Å². The molecule has 5 rings (SSSR count). The molecule has 2 aliphatic heterocycles. The largest absolute Gasteiger partial charge is 0.493 e. The molecule has 0 fully saturated rings. The molecule has 1 aromatic heterocycles. The van der Waals surface area contributed by atoms with Crippen LogP contribution in [0.25, 0.3) is 0 Å². The molecule has 2 aliphatic rings. The summed E-state index contributed by atoms with van der Waals surface area (Å²) in [4.78, 5) is 19.3. The molecule has 6 heteroatoms. The van der Waals surface area contributed by atoms with Crippen LogP contribution in [0.4, 0.5) is 6.01 Å². The molecule has 1 atom stereocenters. The number of hydrogen-bond acceptors (Lipinski definition) is 5. The van der Waals surface area contributed by atoms with E-state index in [0.29, 0.717) is 12.1 Å². The number of carbonyl (C=O) groups excluding carboxylic acids is 1. The summed E-state index contributed by atoms with van der Waals surface area (Å²) in [5.41, 5.74) is 4.01. The highest BCUT2D eigenvalue weighted by Gasteiger charge is 2.27. The van der Waals surface area contributed by atoms with E-state index in [2.05, 4.69) is 40.3 Å². The molecular weight excluding hydrogens is 366 g/mol. The van der Waals surface area contributed by atoms with Crippen LogP contribution in [0.3, 0.4) is 0 Å². The molecule has 3 aromatic rings. The van der Waals surface area contributed by atoms with Crippen molar-refractivity contribution < 1.29 is 13.9 Å². The van der Waals surface area contributed by atoms with Crippen LogP contribution in [0, 0.1) is 0 Å². The number of hydrogen-bond donors (Lipinski definition) is 1. The predicted molar refractivity (Wildman–Crippen MR) is 109 cm³/mol. The first kappa shape index (κ1) is 17.9. The maximum atomic E-state index is 12.3. The number of carbonyl (C=O) groups is 1. The SMILES string of the molecule is C[C@@H](c1ccc2c(c1)OCC2)N1CCc2oc(NC(=O)c3ccccc3)nc2C1. The van der Waals surface area contributed by atoms with Crippen LogP contribution in [0.1, 0.15) is 45.9 Å². The van der Waals surface area contributed by atoms with E-state index in [4.69, 9.17) is 9.15 Å². The number of oxazole rings is 1. The van der Waals surface area contributed by atoms with Crippen LogP contribution < -0.4 is 10.1 Å². The lowest BCUT2D eigenvalue weighted by atomic mass is 10.0. The third kappa shape index (κ3) is 3.51. The lowest BCUT2D eigenvalue weighted by molar-refractivity contribution is 0.102. The van der Waals surface area contributed by atoms with E-state index >= 15 is 0 Å². The number of aromatic nitrogens is 1. The van der Waals surface area contributed by atoms with E-state index in [1.54, 1.807) is 12.1 Å². The monoisotopic (exact) mass is 389 g/mol. The minimum Gasteiger partial charge on any atom is -0.493 e. The van der Waals surface area contributed by atoms with Gasteiger partial charge in [0.25, 0.3) is 5.91 Å². The summed E-state index contributed by atoms with van der Waals surface area (Å²) in [6.45, 7) is 4.56.